The van der Waals surface area contributed by atoms with Crippen molar-refractivity contribution in [1.82, 2.24) is 20.2 Å². The van der Waals surface area contributed by atoms with Crippen molar-refractivity contribution in [3.05, 3.63) is 48.0 Å². The monoisotopic (exact) mass is 345 g/mol. The van der Waals surface area contributed by atoms with Gasteiger partial charge in [0.25, 0.3) is 5.91 Å². The third-order valence-corrected chi connectivity index (χ3v) is 3.79. The second-order valence-corrected chi connectivity index (χ2v) is 5.61. The lowest BCUT2D eigenvalue weighted by atomic mass is 10.3. The Labute approximate surface area is 145 Å². The van der Waals surface area contributed by atoms with E-state index >= 15 is 0 Å². The zero-order chi connectivity index (χ0) is 17.5. The highest BCUT2D eigenvalue weighted by molar-refractivity contribution is 5.92. The fraction of sp³-hybridized carbons (Fsp3) is 0.353. The van der Waals surface area contributed by atoms with Gasteiger partial charge in [-0.2, -0.15) is 0 Å². The average molecular weight is 345 g/mol. The molecule has 1 aliphatic rings. The number of nitrogens with zero attached hydrogens (tertiary/aromatic N) is 3. The maximum absolute atomic E-state index is 13.2. The first kappa shape index (κ1) is 17.2. The molecular formula is C17H20FN5O2. The van der Waals surface area contributed by atoms with Crippen molar-refractivity contribution in [2.75, 3.05) is 44.7 Å². The number of ether oxygens (including phenoxy) is 1. The lowest BCUT2D eigenvalue weighted by Gasteiger charge is -2.26. The number of nitrogens with one attached hydrogen (secondary N) is 2. The van der Waals surface area contributed by atoms with E-state index in [0.717, 1.165) is 32.8 Å². The van der Waals surface area contributed by atoms with E-state index in [2.05, 4.69) is 25.5 Å². The normalized spacial score (nSPS) is 14.9. The molecule has 0 spiro atoms. The quantitative estimate of drug-likeness (QED) is 0.824. The summed E-state index contributed by atoms with van der Waals surface area (Å²) in [4.78, 5) is 22.7. The summed E-state index contributed by atoms with van der Waals surface area (Å²) < 4.78 is 18.5. The van der Waals surface area contributed by atoms with Gasteiger partial charge in [-0.25, -0.2) is 14.4 Å². The van der Waals surface area contributed by atoms with Crippen LogP contribution in [0.3, 0.4) is 0 Å². The van der Waals surface area contributed by atoms with E-state index in [1.807, 2.05) is 0 Å². The summed E-state index contributed by atoms with van der Waals surface area (Å²) in [6.07, 6.45) is 1.49. The zero-order valence-corrected chi connectivity index (χ0v) is 13.7. The predicted octanol–water partition coefficient (Wildman–Crippen LogP) is 1.42. The first-order chi connectivity index (χ1) is 12.2. The Kier molecular flexibility index (Phi) is 5.86. The summed E-state index contributed by atoms with van der Waals surface area (Å²) in [6, 6.07) is 7.50. The topological polar surface area (TPSA) is 79.4 Å². The summed E-state index contributed by atoms with van der Waals surface area (Å²) >= 11 is 0. The van der Waals surface area contributed by atoms with Crippen LogP contribution < -0.4 is 10.6 Å². The third-order valence-electron chi connectivity index (χ3n) is 3.79. The Balaban J connectivity index is 1.54. The number of halogens is 1. The van der Waals surface area contributed by atoms with E-state index in [4.69, 9.17) is 4.74 Å². The highest BCUT2D eigenvalue weighted by Gasteiger charge is 2.12. The van der Waals surface area contributed by atoms with Gasteiger partial charge in [0.05, 0.1) is 13.2 Å². The number of aromatic nitrogens is 2. The Bertz CT molecular complexity index is 722. The predicted molar refractivity (Wildman–Crippen MR) is 91.3 cm³/mol. The Morgan fingerprint density at radius 3 is 2.92 bits per heavy atom. The molecule has 0 aliphatic carbocycles. The van der Waals surface area contributed by atoms with Gasteiger partial charge >= 0.3 is 0 Å². The molecule has 7 nitrogen and oxygen atoms in total. The maximum atomic E-state index is 13.2. The first-order valence-electron chi connectivity index (χ1n) is 8.15. The van der Waals surface area contributed by atoms with Crippen LogP contribution in [0.1, 0.15) is 10.5 Å². The average Bonchev–Trinajstić information content (AvgIpc) is 2.63. The van der Waals surface area contributed by atoms with Crippen LogP contribution in [0.25, 0.3) is 0 Å². The molecule has 1 amide bonds. The van der Waals surface area contributed by atoms with Gasteiger partial charge in [-0.15, -0.1) is 0 Å². The van der Waals surface area contributed by atoms with Crippen molar-refractivity contribution >= 4 is 17.5 Å². The minimum Gasteiger partial charge on any atom is -0.379 e. The molecule has 2 aromatic rings. The molecule has 0 unspecified atom stereocenters. The van der Waals surface area contributed by atoms with Crippen LogP contribution in [0.5, 0.6) is 0 Å². The fourth-order valence-corrected chi connectivity index (χ4v) is 2.48. The van der Waals surface area contributed by atoms with Gasteiger partial charge in [-0.05, 0) is 24.3 Å². The second-order valence-electron chi connectivity index (χ2n) is 5.61. The minimum absolute atomic E-state index is 0.242. The second kappa shape index (κ2) is 8.50. The van der Waals surface area contributed by atoms with Crippen molar-refractivity contribution in [3.63, 3.8) is 0 Å². The molecule has 0 saturated carbocycles. The molecule has 1 saturated heterocycles. The molecule has 25 heavy (non-hydrogen) atoms. The molecule has 1 aromatic heterocycles. The van der Waals surface area contributed by atoms with Crippen LogP contribution in [0.2, 0.25) is 0 Å². The van der Waals surface area contributed by atoms with E-state index in [1.54, 1.807) is 18.2 Å². The maximum Gasteiger partial charge on any atom is 0.270 e. The number of anilines is 2. The van der Waals surface area contributed by atoms with Crippen LogP contribution in [0.4, 0.5) is 16.0 Å². The lowest BCUT2D eigenvalue weighted by molar-refractivity contribution is 0.0383. The van der Waals surface area contributed by atoms with Crippen molar-refractivity contribution < 1.29 is 13.9 Å². The first-order valence-corrected chi connectivity index (χ1v) is 8.15. The van der Waals surface area contributed by atoms with Crippen LogP contribution in [-0.4, -0.2) is 60.2 Å². The number of benzene rings is 1. The standard InChI is InChI=1S/C17H20FN5O2/c18-13-2-1-3-14(12-13)21-17-20-5-4-15(22-17)16(24)19-6-7-23-8-10-25-11-9-23/h1-5,12H,6-11H2,(H,19,24)(H,20,21,22). The molecular weight excluding hydrogens is 325 g/mol. The Hall–Kier alpha value is -2.58. The van der Waals surface area contributed by atoms with Crippen LogP contribution in [0.15, 0.2) is 36.5 Å². The molecule has 132 valence electrons. The third kappa shape index (κ3) is 5.20. The summed E-state index contributed by atoms with van der Waals surface area (Å²) in [7, 11) is 0. The number of hydrogen-bond acceptors (Lipinski definition) is 6. The number of carbonyl (C=O) groups is 1. The Morgan fingerprint density at radius 1 is 1.28 bits per heavy atom. The summed E-state index contributed by atoms with van der Waals surface area (Å²) in [6.45, 7) is 4.53. The fourth-order valence-electron chi connectivity index (χ4n) is 2.48. The van der Waals surface area contributed by atoms with Gasteiger partial charge in [0.1, 0.15) is 11.5 Å². The summed E-state index contributed by atoms with van der Waals surface area (Å²) in [5, 5.41) is 5.73. The molecule has 3 rings (SSSR count). The van der Waals surface area contributed by atoms with E-state index in [9.17, 15) is 9.18 Å². The van der Waals surface area contributed by atoms with Crippen LogP contribution in [0, 0.1) is 5.82 Å². The van der Waals surface area contributed by atoms with E-state index in [0.29, 0.717) is 12.2 Å². The molecule has 2 heterocycles. The molecule has 8 heteroatoms. The number of hydrogen-bond donors (Lipinski definition) is 2. The molecule has 0 bridgehead atoms. The van der Waals surface area contributed by atoms with Crippen molar-refractivity contribution in [2.45, 2.75) is 0 Å². The van der Waals surface area contributed by atoms with Gasteiger partial charge < -0.3 is 15.4 Å². The van der Waals surface area contributed by atoms with Crippen molar-refractivity contribution in [3.8, 4) is 0 Å². The molecule has 1 aliphatic heterocycles. The Morgan fingerprint density at radius 2 is 2.12 bits per heavy atom. The number of amides is 1. The molecule has 1 fully saturated rings. The number of rotatable bonds is 6. The highest BCUT2D eigenvalue weighted by Crippen LogP contribution is 2.13. The van der Waals surface area contributed by atoms with Gasteiger partial charge in [-0.1, -0.05) is 6.07 Å². The molecule has 1 aromatic carbocycles. The van der Waals surface area contributed by atoms with E-state index in [1.165, 1.54) is 18.3 Å². The van der Waals surface area contributed by atoms with Gasteiger partial charge in [-0.3, -0.25) is 9.69 Å². The van der Waals surface area contributed by atoms with Crippen molar-refractivity contribution in [1.29, 1.82) is 0 Å². The van der Waals surface area contributed by atoms with E-state index in [-0.39, 0.29) is 23.4 Å². The SMILES string of the molecule is O=C(NCCN1CCOCC1)c1ccnc(Nc2cccc(F)c2)n1. The van der Waals surface area contributed by atoms with Crippen LogP contribution in [-0.2, 0) is 4.74 Å². The lowest BCUT2D eigenvalue weighted by Crippen LogP contribution is -2.41. The highest BCUT2D eigenvalue weighted by atomic mass is 19.1. The number of morpholine rings is 1. The van der Waals surface area contributed by atoms with Gasteiger partial charge in [0, 0.05) is 38.1 Å². The van der Waals surface area contributed by atoms with Gasteiger partial charge in [0.2, 0.25) is 5.95 Å². The minimum atomic E-state index is -0.359. The van der Waals surface area contributed by atoms with Crippen molar-refractivity contribution in [2.24, 2.45) is 0 Å². The van der Waals surface area contributed by atoms with Gasteiger partial charge in [0.15, 0.2) is 0 Å². The van der Waals surface area contributed by atoms with E-state index < -0.39 is 0 Å². The zero-order valence-electron chi connectivity index (χ0n) is 13.7. The summed E-state index contributed by atoms with van der Waals surface area (Å²) in [5.74, 6) is -0.383. The molecule has 0 atom stereocenters. The molecule has 0 radical (unpaired) electrons. The largest absolute Gasteiger partial charge is 0.379 e. The smallest absolute Gasteiger partial charge is 0.270 e. The molecule has 2 N–H and O–H groups in total. The summed E-state index contributed by atoms with van der Waals surface area (Å²) in [5.41, 5.74) is 0.778. The number of carbonyl (C=O) groups excluding carboxylic acids is 1. The van der Waals surface area contributed by atoms with Crippen LogP contribution >= 0.6 is 0 Å².